The zero-order chi connectivity index (χ0) is 19.4. The maximum Gasteiger partial charge on any atom is 0.275 e. The van der Waals surface area contributed by atoms with Gasteiger partial charge in [-0.05, 0) is 35.0 Å². The topological polar surface area (TPSA) is 112 Å². The number of aryl methyl sites for hydroxylation is 1. The van der Waals surface area contributed by atoms with E-state index in [2.05, 4.69) is 31.3 Å². The highest BCUT2D eigenvalue weighted by molar-refractivity contribution is 9.10. The lowest BCUT2D eigenvalue weighted by Gasteiger charge is -2.10. The van der Waals surface area contributed by atoms with E-state index in [9.17, 15) is 14.9 Å². The second-order valence-electron chi connectivity index (χ2n) is 5.37. The van der Waals surface area contributed by atoms with Crippen LogP contribution in [-0.4, -0.2) is 25.6 Å². The van der Waals surface area contributed by atoms with Crippen LogP contribution in [0.2, 0.25) is 0 Å². The SMILES string of the molecule is CCn1ncc(Br)c1C(=O)Nc1cc(Oc2cccnc2)cc([N+](=O)[O-])c1. The molecule has 1 amide bonds. The highest BCUT2D eigenvalue weighted by atomic mass is 79.9. The summed E-state index contributed by atoms with van der Waals surface area (Å²) < 4.78 is 7.65. The van der Waals surface area contributed by atoms with E-state index < -0.39 is 10.8 Å². The zero-order valence-electron chi connectivity index (χ0n) is 14.1. The Kier molecular flexibility index (Phi) is 5.46. The molecule has 0 fully saturated rings. The Balaban J connectivity index is 1.91. The highest BCUT2D eigenvalue weighted by Crippen LogP contribution is 2.30. The van der Waals surface area contributed by atoms with Crippen molar-refractivity contribution >= 4 is 33.2 Å². The molecule has 0 bridgehead atoms. The highest BCUT2D eigenvalue weighted by Gasteiger charge is 2.19. The maximum atomic E-state index is 12.6. The fourth-order valence-electron chi connectivity index (χ4n) is 2.38. The van der Waals surface area contributed by atoms with Crippen LogP contribution in [0.5, 0.6) is 11.5 Å². The molecule has 138 valence electrons. The van der Waals surface area contributed by atoms with Crippen molar-refractivity contribution in [3.8, 4) is 11.5 Å². The summed E-state index contributed by atoms with van der Waals surface area (Å²) in [7, 11) is 0. The van der Waals surface area contributed by atoms with Crippen LogP contribution in [0.25, 0.3) is 0 Å². The molecule has 2 heterocycles. The van der Waals surface area contributed by atoms with Gasteiger partial charge in [0.05, 0.1) is 33.5 Å². The number of rotatable bonds is 6. The molecule has 0 atom stereocenters. The molecule has 3 rings (SSSR count). The minimum atomic E-state index is -0.558. The summed E-state index contributed by atoms with van der Waals surface area (Å²) in [6.07, 6.45) is 4.58. The van der Waals surface area contributed by atoms with Gasteiger partial charge in [-0.1, -0.05) is 0 Å². The summed E-state index contributed by atoms with van der Waals surface area (Å²) in [6.45, 7) is 2.35. The number of halogens is 1. The third-order valence-electron chi connectivity index (χ3n) is 3.54. The molecule has 1 N–H and O–H groups in total. The number of pyridine rings is 1. The largest absolute Gasteiger partial charge is 0.455 e. The summed E-state index contributed by atoms with van der Waals surface area (Å²) in [4.78, 5) is 27.2. The van der Waals surface area contributed by atoms with Crippen LogP contribution in [0.15, 0.2) is 53.4 Å². The van der Waals surface area contributed by atoms with Gasteiger partial charge in [-0.3, -0.25) is 24.6 Å². The Labute approximate surface area is 162 Å². The lowest BCUT2D eigenvalue weighted by Crippen LogP contribution is -2.18. The van der Waals surface area contributed by atoms with E-state index in [1.165, 1.54) is 35.3 Å². The predicted octanol–water partition coefficient (Wildman–Crippen LogP) is 4.01. The maximum absolute atomic E-state index is 12.6. The number of benzene rings is 1. The number of nitrogens with zero attached hydrogens (tertiary/aromatic N) is 4. The van der Waals surface area contributed by atoms with E-state index in [1.54, 1.807) is 18.3 Å². The number of anilines is 1. The Bertz CT molecular complexity index is 990. The van der Waals surface area contributed by atoms with Crippen LogP contribution >= 0.6 is 15.9 Å². The van der Waals surface area contributed by atoms with Gasteiger partial charge < -0.3 is 10.1 Å². The Hall–Kier alpha value is -3.27. The number of amides is 1. The molecular weight excluding hydrogens is 418 g/mol. The minimum absolute atomic E-state index is 0.204. The number of aromatic nitrogens is 3. The van der Waals surface area contributed by atoms with Crippen molar-refractivity contribution in [2.75, 3.05) is 5.32 Å². The van der Waals surface area contributed by atoms with Gasteiger partial charge in [0.1, 0.15) is 17.2 Å². The van der Waals surface area contributed by atoms with Gasteiger partial charge in [-0.15, -0.1) is 0 Å². The fourth-order valence-corrected chi connectivity index (χ4v) is 2.86. The molecule has 0 aliphatic carbocycles. The van der Waals surface area contributed by atoms with Gasteiger partial charge in [-0.25, -0.2) is 0 Å². The van der Waals surface area contributed by atoms with E-state index in [1.807, 2.05) is 6.92 Å². The molecule has 0 radical (unpaired) electrons. The summed E-state index contributed by atoms with van der Waals surface area (Å²) in [5.74, 6) is 0.173. The number of non-ortho nitro benzene ring substituents is 1. The van der Waals surface area contributed by atoms with Crippen LogP contribution in [-0.2, 0) is 6.54 Å². The molecule has 3 aromatic rings. The molecule has 0 aliphatic heterocycles. The van der Waals surface area contributed by atoms with Crippen LogP contribution < -0.4 is 10.1 Å². The van der Waals surface area contributed by atoms with Gasteiger partial charge in [0.2, 0.25) is 0 Å². The average molecular weight is 432 g/mol. The zero-order valence-corrected chi connectivity index (χ0v) is 15.7. The smallest absolute Gasteiger partial charge is 0.275 e. The predicted molar refractivity (Wildman–Crippen MR) is 101 cm³/mol. The van der Waals surface area contributed by atoms with E-state index in [4.69, 9.17) is 4.74 Å². The summed E-state index contributed by atoms with van der Waals surface area (Å²) in [5, 5.41) is 18.0. The molecule has 27 heavy (non-hydrogen) atoms. The minimum Gasteiger partial charge on any atom is -0.455 e. The van der Waals surface area contributed by atoms with Crippen LogP contribution in [0.4, 0.5) is 11.4 Å². The van der Waals surface area contributed by atoms with Crippen molar-refractivity contribution in [3.63, 3.8) is 0 Å². The Morgan fingerprint density at radius 1 is 1.33 bits per heavy atom. The van der Waals surface area contributed by atoms with Gasteiger partial charge >= 0.3 is 0 Å². The second kappa shape index (κ2) is 7.96. The molecule has 1 aromatic carbocycles. The number of hydrogen-bond donors (Lipinski definition) is 1. The van der Waals surface area contributed by atoms with Gasteiger partial charge in [-0.2, -0.15) is 5.10 Å². The quantitative estimate of drug-likeness (QED) is 0.465. The standard InChI is InChI=1S/C17H14BrN5O4/c1-2-22-16(15(18)10-20-22)17(24)21-11-6-12(23(25)26)8-14(7-11)27-13-4-3-5-19-9-13/h3-10H,2H2,1H3,(H,21,24). The number of carbonyl (C=O) groups is 1. The average Bonchev–Trinajstić information content (AvgIpc) is 3.03. The van der Waals surface area contributed by atoms with E-state index in [0.29, 0.717) is 22.5 Å². The van der Waals surface area contributed by atoms with E-state index in [-0.39, 0.29) is 17.1 Å². The number of carbonyl (C=O) groups excluding carboxylic acids is 1. The first-order chi connectivity index (χ1) is 13.0. The van der Waals surface area contributed by atoms with Crippen LogP contribution in [0.3, 0.4) is 0 Å². The van der Waals surface area contributed by atoms with E-state index in [0.717, 1.165) is 0 Å². The van der Waals surface area contributed by atoms with Gasteiger partial charge in [0, 0.05) is 24.9 Å². The van der Waals surface area contributed by atoms with Crippen molar-refractivity contribution in [1.82, 2.24) is 14.8 Å². The molecule has 0 saturated carbocycles. The Morgan fingerprint density at radius 3 is 2.81 bits per heavy atom. The van der Waals surface area contributed by atoms with Crippen LogP contribution in [0, 0.1) is 10.1 Å². The fraction of sp³-hybridized carbons (Fsp3) is 0.118. The van der Waals surface area contributed by atoms with Crippen molar-refractivity contribution < 1.29 is 14.5 Å². The number of nitro benzene ring substituents is 1. The number of nitrogens with one attached hydrogen (secondary N) is 1. The first-order valence-corrected chi connectivity index (χ1v) is 8.67. The van der Waals surface area contributed by atoms with Crippen molar-refractivity contribution in [2.45, 2.75) is 13.5 Å². The Morgan fingerprint density at radius 2 is 2.15 bits per heavy atom. The number of nitro groups is 1. The molecular formula is C17H14BrN5O4. The number of hydrogen-bond acceptors (Lipinski definition) is 6. The molecule has 0 unspecified atom stereocenters. The molecule has 0 aliphatic rings. The third kappa shape index (κ3) is 4.29. The lowest BCUT2D eigenvalue weighted by atomic mass is 10.2. The number of ether oxygens (including phenoxy) is 1. The van der Waals surface area contributed by atoms with Gasteiger partial charge in [0.15, 0.2) is 0 Å². The van der Waals surface area contributed by atoms with Crippen molar-refractivity contribution in [2.24, 2.45) is 0 Å². The summed E-state index contributed by atoms with van der Waals surface area (Å²) in [6, 6.07) is 7.38. The normalized spacial score (nSPS) is 10.4. The van der Waals surface area contributed by atoms with Crippen LogP contribution in [0.1, 0.15) is 17.4 Å². The van der Waals surface area contributed by atoms with Gasteiger partial charge in [0.25, 0.3) is 11.6 Å². The second-order valence-corrected chi connectivity index (χ2v) is 6.23. The molecule has 9 nitrogen and oxygen atoms in total. The van der Waals surface area contributed by atoms with E-state index >= 15 is 0 Å². The molecule has 10 heteroatoms. The molecule has 0 spiro atoms. The first-order valence-electron chi connectivity index (χ1n) is 7.88. The summed E-state index contributed by atoms with van der Waals surface area (Å²) >= 11 is 3.28. The first kappa shape index (κ1) is 18.5. The molecule has 0 saturated heterocycles. The summed E-state index contributed by atoms with van der Waals surface area (Å²) in [5.41, 5.74) is 0.331. The lowest BCUT2D eigenvalue weighted by molar-refractivity contribution is -0.384. The van der Waals surface area contributed by atoms with Crippen molar-refractivity contribution in [1.29, 1.82) is 0 Å². The molecule has 2 aromatic heterocycles. The third-order valence-corrected chi connectivity index (χ3v) is 4.12. The monoisotopic (exact) mass is 431 g/mol. The van der Waals surface area contributed by atoms with Crippen molar-refractivity contribution in [3.05, 3.63) is 69.2 Å².